The molecule has 4 N–H and O–H groups in total. The van der Waals surface area contributed by atoms with Crippen molar-refractivity contribution in [2.45, 2.75) is 0 Å². The minimum absolute atomic E-state index is 0. The van der Waals surface area contributed by atoms with Gasteiger partial charge < -0.3 is 31.1 Å². The molecule has 0 spiro atoms. The first-order chi connectivity index (χ1) is 5.91. The molecule has 0 aliphatic carbocycles. The Morgan fingerprint density at radius 2 is 1.33 bits per heavy atom. The van der Waals surface area contributed by atoms with Gasteiger partial charge >= 0.3 is 29.0 Å². The summed E-state index contributed by atoms with van der Waals surface area (Å²) in [6, 6.07) is 0. The molecule has 0 aliphatic heterocycles. The van der Waals surface area contributed by atoms with Gasteiger partial charge in [-0.15, -0.1) is 0 Å². The van der Waals surface area contributed by atoms with Gasteiger partial charge in [0.15, 0.2) is 0 Å². The normalized spacial score (nSPS) is 8.60. The number of carbonyl (C=O) groups is 3. The summed E-state index contributed by atoms with van der Waals surface area (Å²) in [5.41, 5.74) is 0. The van der Waals surface area contributed by atoms with Crippen LogP contribution < -0.4 is 16.4 Å². The Morgan fingerprint density at radius 1 is 1.00 bits per heavy atom. The van der Waals surface area contributed by atoms with E-state index in [1.807, 2.05) is 0 Å². The van der Waals surface area contributed by atoms with E-state index in [1.54, 1.807) is 0 Å². The smallest absolute Gasteiger partial charge is 0.549 e. The predicted molar refractivity (Wildman–Crippen MR) is 44.9 cm³/mol. The van der Waals surface area contributed by atoms with E-state index in [9.17, 15) is 24.6 Å². The Kier molecular flexibility index (Phi) is 12.6. The quantitative estimate of drug-likeness (QED) is 0.434. The molecular formula is C6H10MgN2O6. The van der Waals surface area contributed by atoms with Crippen molar-refractivity contribution in [3.8, 4) is 0 Å². The molecule has 8 nitrogen and oxygen atoms in total. The average molecular weight is 230 g/mol. The standard InChI is InChI=1S/C6H9NO6.Mg.H3N/c8-4(9)1-7(2-5(10)11)3-6(12)13;;/h1-3H2,(H,8,9)(H,10,11)(H,12,13);;1H3/q;+2;/p-2. The van der Waals surface area contributed by atoms with Crippen molar-refractivity contribution in [1.29, 1.82) is 0 Å². The molecule has 0 saturated carbocycles. The Morgan fingerprint density at radius 3 is 1.53 bits per heavy atom. The molecule has 0 heterocycles. The van der Waals surface area contributed by atoms with Gasteiger partial charge in [-0.1, -0.05) is 0 Å². The number of hydrogen-bond acceptors (Lipinski definition) is 7. The Bertz CT molecular complexity index is 196. The molecule has 0 rings (SSSR count). The molecule has 9 heteroatoms. The van der Waals surface area contributed by atoms with Crippen LogP contribution in [-0.4, -0.2) is 70.6 Å². The van der Waals surface area contributed by atoms with Gasteiger partial charge in [-0.05, 0) is 0 Å². The topological polar surface area (TPSA) is 156 Å². The van der Waals surface area contributed by atoms with E-state index in [2.05, 4.69) is 0 Å². The molecule has 0 unspecified atom stereocenters. The molecule has 0 saturated heterocycles. The third kappa shape index (κ3) is 13.1. The first kappa shape index (κ1) is 19.6. The van der Waals surface area contributed by atoms with Gasteiger partial charge in [0.1, 0.15) is 0 Å². The van der Waals surface area contributed by atoms with Crippen LogP contribution in [0, 0.1) is 0 Å². The second-order valence-corrected chi connectivity index (χ2v) is 2.28. The van der Waals surface area contributed by atoms with Crippen LogP contribution in [0.5, 0.6) is 0 Å². The first-order valence-corrected chi connectivity index (χ1v) is 3.25. The number of carboxylic acids is 3. The largest absolute Gasteiger partial charge is 2.00 e. The summed E-state index contributed by atoms with van der Waals surface area (Å²) in [5.74, 6) is -4.40. The van der Waals surface area contributed by atoms with Crippen LogP contribution in [0.3, 0.4) is 0 Å². The van der Waals surface area contributed by atoms with Gasteiger partial charge in [-0.3, -0.25) is 9.69 Å². The van der Waals surface area contributed by atoms with E-state index < -0.39 is 37.5 Å². The molecule has 0 fully saturated rings. The van der Waals surface area contributed by atoms with Gasteiger partial charge in [-0.2, -0.15) is 0 Å². The second kappa shape index (κ2) is 9.64. The summed E-state index contributed by atoms with van der Waals surface area (Å²) in [6.45, 7) is -2.18. The SMILES string of the molecule is N.O=C([O-])CN(CC(=O)[O-])CC(=O)O.[Mg+2]. The van der Waals surface area contributed by atoms with Crippen molar-refractivity contribution in [3.63, 3.8) is 0 Å². The maximum Gasteiger partial charge on any atom is 2.00 e. The van der Waals surface area contributed by atoms with Crippen LogP contribution in [0.15, 0.2) is 0 Å². The van der Waals surface area contributed by atoms with E-state index in [4.69, 9.17) is 5.11 Å². The number of rotatable bonds is 6. The summed E-state index contributed by atoms with van der Waals surface area (Å²) in [7, 11) is 0. The second-order valence-electron chi connectivity index (χ2n) is 2.28. The zero-order valence-corrected chi connectivity index (χ0v) is 9.39. The molecule has 0 amide bonds. The van der Waals surface area contributed by atoms with Gasteiger partial charge in [0, 0.05) is 13.1 Å². The number of carboxylic acid groups (broad SMARTS) is 3. The molecule has 15 heavy (non-hydrogen) atoms. The van der Waals surface area contributed by atoms with Crippen molar-refractivity contribution < 1.29 is 29.7 Å². The van der Waals surface area contributed by atoms with Crippen molar-refractivity contribution in [2.24, 2.45) is 0 Å². The Hall–Kier alpha value is -0.904. The number of hydrogen-bond donors (Lipinski definition) is 2. The third-order valence-electron chi connectivity index (χ3n) is 1.06. The minimum atomic E-state index is -1.54. The molecule has 0 radical (unpaired) electrons. The summed E-state index contributed by atoms with van der Waals surface area (Å²) < 4.78 is 0. The maximum absolute atomic E-state index is 10.1. The van der Waals surface area contributed by atoms with E-state index in [-0.39, 0.29) is 29.2 Å². The Balaban J connectivity index is -0.000000720. The van der Waals surface area contributed by atoms with Crippen molar-refractivity contribution in [1.82, 2.24) is 11.1 Å². The fraction of sp³-hybridized carbons (Fsp3) is 0.500. The molecular weight excluding hydrogens is 220 g/mol. The minimum Gasteiger partial charge on any atom is -0.549 e. The van der Waals surface area contributed by atoms with E-state index in [1.165, 1.54) is 0 Å². The zero-order valence-electron chi connectivity index (χ0n) is 7.97. The molecule has 0 aromatic heterocycles. The van der Waals surface area contributed by atoms with Crippen LogP contribution in [0.2, 0.25) is 0 Å². The molecule has 0 aromatic rings. The average Bonchev–Trinajstić information content (AvgIpc) is 1.80. The number of aliphatic carboxylic acids is 3. The molecule has 82 valence electrons. The van der Waals surface area contributed by atoms with Crippen LogP contribution in [0.4, 0.5) is 0 Å². The van der Waals surface area contributed by atoms with E-state index in [0.29, 0.717) is 4.90 Å². The van der Waals surface area contributed by atoms with Crippen LogP contribution in [0.1, 0.15) is 0 Å². The Labute approximate surface area is 102 Å². The van der Waals surface area contributed by atoms with Crippen molar-refractivity contribution >= 4 is 41.0 Å². The van der Waals surface area contributed by atoms with Gasteiger partial charge in [0.05, 0.1) is 18.5 Å². The molecule has 0 atom stereocenters. The van der Waals surface area contributed by atoms with E-state index >= 15 is 0 Å². The molecule has 0 aromatic carbocycles. The fourth-order valence-corrected chi connectivity index (χ4v) is 0.724. The fourth-order valence-electron chi connectivity index (χ4n) is 0.724. The van der Waals surface area contributed by atoms with Crippen LogP contribution >= 0.6 is 0 Å². The summed E-state index contributed by atoms with van der Waals surface area (Å²) >= 11 is 0. The van der Waals surface area contributed by atoms with Crippen LogP contribution in [0.25, 0.3) is 0 Å². The van der Waals surface area contributed by atoms with Gasteiger partial charge in [0.2, 0.25) is 0 Å². The van der Waals surface area contributed by atoms with Crippen molar-refractivity contribution in [3.05, 3.63) is 0 Å². The van der Waals surface area contributed by atoms with Gasteiger partial charge in [0.25, 0.3) is 0 Å². The summed E-state index contributed by atoms with van der Waals surface area (Å²) in [5, 5.41) is 28.3. The monoisotopic (exact) mass is 230 g/mol. The third-order valence-corrected chi connectivity index (χ3v) is 1.06. The summed E-state index contributed by atoms with van der Waals surface area (Å²) in [4.78, 5) is 30.8. The number of carbonyl (C=O) groups excluding carboxylic acids is 2. The molecule has 0 aliphatic rings. The predicted octanol–water partition coefficient (Wildman–Crippen LogP) is -4.35. The van der Waals surface area contributed by atoms with Crippen molar-refractivity contribution in [2.75, 3.05) is 19.6 Å². The van der Waals surface area contributed by atoms with Crippen LogP contribution in [-0.2, 0) is 14.4 Å². The van der Waals surface area contributed by atoms with Gasteiger partial charge in [-0.25, -0.2) is 0 Å². The first-order valence-electron chi connectivity index (χ1n) is 3.25. The van der Waals surface area contributed by atoms with E-state index in [0.717, 1.165) is 0 Å². The number of nitrogens with zero attached hydrogens (tertiary/aromatic N) is 1. The maximum atomic E-state index is 10.1. The molecule has 0 bridgehead atoms. The zero-order chi connectivity index (χ0) is 10.4. The summed E-state index contributed by atoms with van der Waals surface area (Å²) in [6.07, 6.45) is 0.